The van der Waals surface area contributed by atoms with Crippen molar-refractivity contribution < 1.29 is 14.3 Å². The molecule has 0 aromatic heterocycles. The largest absolute Gasteiger partial charge is 0.491 e. The molecule has 0 radical (unpaired) electrons. The zero-order valence-electron chi connectivity index (χ0n) is 18.2. The Morgan fingerprint density at radius 2 is 1.59 bits per heavy atom. The first-order valence-corrected chi connectivity index (χ1v) is 10.6. The number of amides is 2. The number of nitrogens with one attached hydrogen (secondary N) is 2. The van der Waals surface area contributed by atoms with Crippen LogP contribution >= 0.6 is 12.2 Å². The number of carbonyl (C=O) groups excluding carboxylic acids is 2. The zero-order valence-corrected chi connectivity index (χ0v) is 19.0. The SMILES string of the molecule is CC(C)Oc1cccc(C(=O)NC(=S)Nc2cccc(C(=O)N(C)c3ccccc3)c2)c1. The topological polar surface area (TPSA) is 70.7 Å². The summed E-state index contributed by atoms with van der Waals surface area (Å²) in [5.74, 6) is 0.102. The number of anilines is 2. The van der Waals surface area contributed by atoms with Crippen LogP contribution in [0.1, 0.15) is 34.6 Å². The normalized spacial score (nSPS) is 10.4. The Morgan fingerprint density at radius 3 is 2.31 bits per heavy atom. The minimum Gasteiger partial charge on any atom is -0.491 e. The molecule has 0 heterocycles. The Bertz CT molecular complexity index is 1120. The van der Waals surface area contributed by atoms with Gasteiger partial charge in [-0.05, 0) is 74.6 Å². The summed E-state index contributed by atoms with van der Waals surface area (Å²) in [7, 11) is 1.72. The minimum atomic E-state index is -0.354. The zero-order chi connectivity index (χ0) is 23.1. The third-order valence-corrected chi connectivity index (χ3v) is 4.71. The van der Waals surface area contributed by atoms with Crippen LogP contribution in [0.2, 0.25) is 0 Å². The average molecular weight is 448 g/mol. The summed E-state index contributed by atoms with van der Waals surface area (Å²) >= 11 is 5.28. The number of thiocarbonyl (C=S) groups is 1. The van der Waals surface area contributed by atoms with Crippen LogP contribution in [-0.4, -0.2) is 30.1 Å². The van der Waals surface area contributed by atoms with Crippen molar-refractivity contribution in [3.63, 3.8) is 0 Å². The van der Waals surface area contributed by atoms with Gasteiger partial charge in [0.05, 0.1) is 6.10 Å². The summed E-state index contributed by atoms with van der Waals surface area (Å²) in [5, 5.41) is 5.74. The van der Waals surface area contributed by atoms with Crippen molar-refractivity contribution in [3.05, 3.63) is 90.0 Å². The van der Waals surface area contributed by atoms with Crippen LogP contribution in [0.3, 0.4) is 0 Å². The molecule has 0 aliphatic carbocycles. The highest BCUT2D eigenvalue weighted by molar-refractivity contribution is 7.80. The van der Waals surface area contributed by atoms with E-state index in [0.29, 0.717) is 22.6 Å². The van der Waals surface area contributed by atoms with E-state index in [4.69, 9.17) is 17.0 Å². The average Bonchev–Trinajstić information content (AvgIpc) is 2.78. The van der Waals surface area contributed by atoms with E-state index in [1.807, 2.05) is 44.2 Å². The molecule has 2 N–H and O–H groups in total. The summed E-state index contributed by atoms with van der Waals surface area (Å²) in [6.07, 6.45) is 0.00646. The predicted molar refractivity (Wildman–Crippen MR) is 132 cm³/mol. The van der Waals surface area contributed by atoms with E-state index in [1.54, 1.807) is 60.5 Å². The molecule has 0 fully saturated rings. The maximum Gasteiger partial charge on any atom is 0.258 e. The van der Waals surface area contributed by atoms with Gasteiger partial charge in [-0.2, -0.15) is 0 Å². The maximum absolute atomic E-state index is 12.8. The molecule has 7 heteroatoms. The van der Waals surface area contributed by atoms with Crippen molar-refractivity contribution in [3.8, 4) is 5.75 Å². The number of para-hydroxylation sites is 1. The molecule has 0 bridgehead atoms. The van der Waals surface area contributed by atoms with Gasteiger partial charge < -0.3 is 15.0 Å². The second-order valence-corrected chi connectivity index (χ2v) is 7.79. The summed E-state index contributed by atoms with van der Waals surface area (Å²) in [6.45, 7) is 3.84. The van der Waals surface area contributed by atoms with Gasteiger partial charge in [0, 0.05) is 29.5 Å². The van der Waals surface area contributed by atoms with E-state index >= 15 is 0 Å². The van der Waals surface area contributed by atoms with Crippen molar-refractivity contribution in [2.24, 2.45) is 0 Å². The van der Waals surface area contributed by atoms with Crippen molar-refractivity contribution in [2.45, 2.75) is 20.0 Å². The van der Waals surface area contributed by atoms with Gasteiger partial charge in [0.15, 0.2) is 5.11 Å². The number of carbonyl (C=O) groups is 2. The monoisotopic (exact) mass is 447 g/mol. The van der Waals surface area contributed by atoms with E-state index < -0.39 is 0 Å². The smallest absolute Gasteiger partial charge is 0.258 e. The van der Waals surface area contributed by atoms with Gasteiger partial charge in [-0.15, -0.1) is 0 Å². The first kappa shape index (κ1) is 23.0. The van der Waals surface area contributed by atoms with E-state index in [-0.39, 0.29) is 23.0 Å². The first-order valence-electron chi connectivity index (χ1n) is 10.2. The van der Waals surface area contributed by atoms with Crippen molar-refractivity contribution >= 4 is 40.5 Å². The Hall–Kier alpha value is -3.71. The molecular formula is C25H25N3O3S. The number of ether oxygens (including phenoxy) is 1. The standard InChI is InChI=1S/C25H25N3O3S/c1-17(2)31-22-14-8-9-18(16-22)23(29)27-25(32)26-20-11-7-10-19(15-20)24(30)28(3)21-12-5-4-6-13-21/h4-17H,1-3H3,(H2,26,27,29,32). The van der Waals surface area contributed by atoms with Crippen molar-refractivity contribution in [1.29, 1.82) is 0 Å². The van der Waals surface area contributed by atoms with Crippen LogP contribution in [0.4, 0.5) is 11.4 Å². The second-order valence-electron chi connectivity index (χ2n) is 7.38. The molecule has 2 amide bonds. The summed E-state index contributed by atoms with van der Waals surface area (Å²) in [6, 6.07) is 23.2. The molecule has 0 saturated heterocycles. The van der Waals surface area contributed by atoms with Gasteiger partial charge in [-0.25, -0.2) is 0 Å². The van der Waals surface area contributed by atoms with Crippen molar-refractivity contribution in [1.82, 2.24) is 5.32 Å². The molecule has 32 heavy (non-hydrogen) atoms. The van der Waals surface area contributed by atoms with Gasteiger partial charge in [-0.1, -0.05) is 30.3 Å². The lowest BCUT2D eigenvalue weighted by atomic mass is 10.1. The Kier molecular flexibility index (Phi) is 7.57. The quantitative estimate of drug-likeness (QED) is 0.527. The Morgan fingerprint density at radius 1 is 0.906 bits per heavy atom. The van der Waals surface area contributed by atoms with Gasteiger partial charge in [0.25, 0.3) is 11.8 Å². The third kappa shape index (κ3) is 6.15. The third-order valence-electron chi connectivity index (χ3n) is 4.51. The van der Waals surface area contributed by atoms with Crippen LogP contribution in [-0.2, 0) is 0 Å². The fourth-order valence-corrected chi connectivity index (χ4v) is 3.22. The van der Waals surface area contributed by atoms with Crippen LogP contribution in [0.25, 0.3) is 0 Å². The van der Waals surface area contributed by atoms with Crippen LogP contribution in [0.15, 0.2) is 78.9 Å². The lowest BCUT2D eigenvalue weighted by Crippen LogP contribution is -2.34. The summed E-state index contributed by atoms with van der Waals surface area (Å²) in [5.41, 5.74) is 2.32. The summed E-state index contributed by atoms with van der Waals surface area (Å²) < 4.78 is 5.63. The van der Waals surface area contributed by atoms with Crippen LogP contribution < -0.4 is 20.3 Å². The molecule has 3 aromatic carbocycles. The fraction of sp³-hybridized carbons (Fsp3) is 0.160. The lowest BCUT2D eigenvalue weighted by molar-refractivity contribution is 0.0973. The molecule has 0 unspecified atom stereocenters. The predicted octanol–water partition coefficient (Wildman–Crippen LogP) is 4.88. The van der Waals surface area contributed by atoms with Crippen molar-refractivity contribution in [2.75, 3.05) is 17.3 Å². The van der Waals surface area contributed by atoms with Gasteiger partial charge >= 0.3 is 0 Å². The van der Waals surface area contributed by atoms with Gasteiger partial charge in [-0.3, -0.25) is 14.9 Å². The number of rotatable bonds is 6. The van der Waals surface area contributed by atoms with Gasteiger partial charge in [0.1, 0.15) is 5.75 Å². The highest BCUT2D eigenvalue weighted by Crippen LogP contribution is 2.18. The summed E-state index contributed by atoms with van der Waals surface area (Å²) in [4.78, 5) is 27.0. The molecule has 0 saturated carbocycles. The fourth-order valence-electron chi connectivity index (χ4n) is 3.01. The van der Waals surface area contributed by atoms with Crippen LogP contribution in [0.5, 0.6) is 5.75 Å². The lowest BCUT2D eigenvalue weighted by Gasteiger charge is -2.18. The number of hydrogen-bond acceptors (Lipinski definition) is 4. The minimum absolute atomic E-state index is 0.00646. The molecular weight excluding hydrogens is 422 g/mol. The molecule has 0 atom stereocenters. The Labute approximate surface area is 193 Å². The highest BCUT2D eigenvalue weighted by Gasteiger charge is 2.14. The van der Waals surface area contributed by atoms with E-state index in [0.717, 1.165) is 5.69 Å². The highest BCUT2D eigenvalue weighted by atomic mass is 32.1. The number of benzene rings is 3. The maximum atomic E-state index is 12.8. The molecule has 3 aromatic rings. The number of hydrogen-bond donors (Lipinski definition) is 2. The van der Waals surface area contributed by atoms with E-state index in [9.17, 15) is 9.59 Å². The molecule has 3 rings (SSSR count). The first-order chi connectivity index (χ1) is 15.3. The molecule has 6 nitrogen and oxygen atoms in total. The van der Waals surface area contributed by atoms with E-state index in [1.165, 1.54) is 0 Å². The second kappa shape index (κ2) is 10.5. The molecule has 164 valence electrons. The van der Waals surface area contributed by atoms with Gasteiger partial charge in [0.2, 0.25) is 0 Å². The number of nitrogens with zero attached hydrogens (tertiary/aromatic N) is 1. The molecule has 0 spiro atoms. The molecule has 0 aliphatic rings. The van der Waals surface area contributed by atoms with E-state index in [2.05, 4.69) is 10.6 Å². The Balaban J connectivity index is 1.64. The molecule has 0 aliphatic heterocycles. The van der Waals surface area contributed by atoms with Crippen LogP contribution in [0, 0.1) is 0 Å².